The van der Waals surface area contributed by atoms with Gasteiger partial charge in [0.1, 0.15) is 0 Å². The second-order valence-corrected chi connectivity index (χ2v) is 5.67. The highest BCUT2D eigenvalue weighted by Crippen LogP contribution is 2.28. The fourth-order valence-corrected chi connectivity index (χ4v) is 2.55. The summed E-state index contributed by atoms with van der Waals surface area (Å²) in [6.07, 6.45) is 6.51. The first-order valence-corrected chi connectivity index (χ1v) is 6.98. The molecule has 1 aliphatic rings. The molecule has 1 aliphatic heterocycles. The van der Waals surface area contributed by atoms with E-state index in [2.05, 4.69) is 6.92 Å². The van der Waals surface area contributed by atoms with Gasteiger partial charge in [0, 0.05) is 13.0 Å². The molecule has 1 heterocycles. The van der Waals surface area contributed by atoms with E-state index in [9.17, 15) is 9.90 Å². The molecule has 0 aromatic carbocycles. The Balaban J connectivity index is 2.44. The molecule has 3 nitrogen and oxygen atoms in total. The SMILES string of the molecule is CCCCCCC(=O)N1CCCC(O)C1(C)C. The summed E-state index contributed by atoms with van der Waals surface area (Å²) in [6.45, 7) is 6.92. The molecule has 100 valence electrons. The second kappa shape index (κ2) is 6.39. The summed E-state index contributed by atoms with van der Waals surface area (Å²) in [5, 5.41) is 9.97. The maximum absolute atomic E-state index is 12.1. The Morgan fingerprint density at radius 2 is 2.06 bits per heavy atom. The van der Waals surface area contributed by atoms with Crippen molar-refractivity contribution in [3.8, 4) is 0 Å². The number of amides is 1. The van der Waals surface area contributed by atoms with Gasteiger partial charge in [-0.15, -0.1) is 0 Å². The standard InChI is InChI=1S/C14H27NO2/c1-4-5-6-7-10-13(17)15-11-8-9-12(16)14(15,2)3/h12,16H,4-11H2,1-3H3. The van der Waals surface area contributed by atoms with Crippen molar-refractivity contribution < 1.29 is 9.90 Å². The van der Waals surface area contributed by atoms with Crippen molar-refractivity contribution in [3.05, 3.63) is 0 Å². The summed E-state index contributed by atoms with van der Waals surface area (Å²) in [7, 11) is 0. The maximum atomic E-state index is 12.1. The van der Waals surface area contributed by atoms with Crippen LogP contribution in [0.25, 0.3) is 0 Å². The van der Waals surface area contributed by atoms with E-state index in [4.69, 9.17) is 0 Å². The van der Waals surface area contributed by atoms with Crippen LogP contribution in [0.15, 0.2) is 0 Å². The van der Waals surface area contributed by atoms with Crippen molar-refractivity contribution in [1.29, 1.82) is 0 Å². The van der Waals surface area contributed by atoms with E-state index < -0.39 is 0 Å². The minimum absolute atomic E-state index is 0.213. The molecule has 0 aromatic rings. The minimum atomic E-state index is -0.389. The van der Waals surface area contributed by atoms with E-state index in [1.54, 1.807) is 0 Å². The van der Waals surface area contributed by atoms with Gasteiger partial charge in [-0.3, -0.25) is 4.79 Å². The van der Waals surface area contributed by atoms with E-state index in [1.165, 1.54) is 12.8 Å². The highest BCUT2D eigenvalue weighted by molar-refractivity contribution is 5.77. The van der Waals surface area contributed by atoms with Crippen molar-refractivity contribution in [2.45, 2.75) is 77.4 Å². The van der Waals surface area contributed by atoms with Crippen molar-refractivity contribution in [3.63, 3.8) is 0 Å². The molecule has 1 atom stereocenters. The summed E-state index contributed by atoms with van der Waals surface area (Å²) in [5.41, 5.74) is -0.389. The molecule has 0 bridgehead atoms. The predicted octanol–water partition coefficient (Wildman–Crippen LogP) is 2.72. The largest absolute Gasteiger partial charge is 0.391 e. The average Bonchev–Trinajstić information content (AvgIpc) is 2.28. The van der Waals surface area contributed by atoms with Crippen LogP contribution in [0.1, 0.15) is 65.7 Å². The van der Waals surface area contributed by atoms with E-state index in [-0.39, 0.29) is 17.6 Å². The number of likely N-dealkylation sites (tertiary alicyclic amines) is 1. The summed E-state index contributed by atoms with van der Waals surface area (Å²) < 4.78 is 0. The van der Waals surface area contributed by atoms with Crippen LogP contribution in [0.2, 0.25) is 0 Å². The molecule has 0 spiro atoms. The van der Waals surface area contributed by atoms with Gasteiger partial charge in [0.05, 0.1) is 11.6 Å². The lowest BCUT2D eigenvalue weighted by atomic mass is 9.87. The van der Waals surface area contributed by atoms with Gasteiger partial charge in [0.2, 0.25) is 5.91 Å². The molecule has 0 saturated carbocycles. The Morgan fingerprint density at radius 3 is 2.71 bits per heavy atom. The van der Waals surface area contributed by atoms with Crippen LogP contribution in [0.5, 0.6) is 0 Å². The van der Waals surface area contributed by atoms with Gasteiger partial charge >= 0.3 is 0 Å². The molecule has 3 heteroatoms. The maximum Gasteiger partial charge on any atom is 0.223 e. The fraction of sp³-hybridized carbons (Fsp3) is 0.929. The third kappa shape index (κ3) is 3.70. The molecule has 1 fully saturated rings. The lowest BCUT2D eigenvalue weighted by molar-refractivity contribution is -0.145. The third-order valence-corrected chi connectivity index (χ3v) is 3.92. The van der Waals surface area contributed by atoms with E-state index in [0.29, 0.717) is 6.42 Å². The molecule has 0 aromatic heterocycles. The molecular weight excluding hydrogens is 214 g/mol. The van der Waals surface area contributed by atoms with E-state index >= 15 is 0 Å². The van der Waals surface area contributed by atoms with Crippen LogP contribution in [-0.4, -0.2) is 34.1 Å². The van der Waals surface area contributed by atoms with Crippen molar-refractivity contribution in [1.82, 2.24) is 4.90 Å². The monoisotopic (exact) mass is 241 g/mol. The molecule has 1 unspecified atom stereocenters. The number of hydrogen-bond acceptors (Lipinski definition) is 2. The van der Waals surface area contributed by atoms with Gasteiger partial charge in [-0.25, -0.2) is 0 Å². The summed E-state index contributed by atoms with van der Waals surface area (Å²) >= 11 is 0. The number of unbranched alkanes of at least 4 members (excludes halogenated alkanes) is 3. The van der Waals surface area contributed by atoms with Crippen LogP contribution in [0, 0.1) is 0 Å². The number of nitrogens with zero attached hydrogens (tertiary/aromatic N) is 1. The first-order chi connectivity index (χ1) is 8.00. The lowest BCUT2D eigenvalue weighted by Gasteiger charge is -2.46. The zero-order chi connectivity index (χ0) is 12.9. The van der Waals surface area contributed by atoms with Gasteiger partial charge in [-0.05, 0) is 33.1 Å². The number of aliphatic hydroxyl groups excluding tert-OH is 1. The normalized spacial score (nSPS) is 23.8. The molecule has 1 amide bonds. The first kappa shape index (κ1) is 14.5. The Hall–Kier alpha value is -0.570. The summed E-state index contributed by atoms with van der Waals surface area (Å²) in [4.78, 5) is 14.0. The second-order valence-electron chi connectivity index (χ2n) is 5.67. The van der Waals surface area contributed by atoms with Gasteiger partial charge in [-0.2, -0.15) is 0 Å². The van der Waals surface area contributed by atoms with E-state index in [1.807, 2.05) is 18.7 Å². The van der Waals surface area contributed by atoms with E-state index in [0.717, 1.165) is 32.2 Å². The zero-order valence-electron chi connectivity index (χ0n) is 11.5. The molecule has 1 rings (SSSR count). The summed E-state index contributed by atoms with van der Waals surface area (Å²) in [6, 6.07) is 0. The van der Waals surface area contributed by atoms with Crippen LogP contribution in [0.4, 0.5) is 0 Å². The number of hydrogen-bond donors (Lipinski definition) is 1. The topological polar surface area (TPSA) is 40.5 Å². The number of carbonyl (C=O) groups excluding carboxylic acids is 1. The van der Waals surface area contributed by atoms with Gasteiger partial charge in [-0.1, -0.05) is 26.2 Å². The van der Waals surface area contributed by atoms with Gasteiger partial charge in [0.25, 0.3) is 0 Å². The Bertz CT molecular complexity index is 251. The molecule has 0 aliphatic carbocycles. The van der Waals surface area contributed by atoms with Crippen LogP contribution >= 0.6 is 0 Å². The third-order valence-electron chi connectivity index (χ3n) is 3.92. The van der Waals surface area contributed by atoms with Gasteiger partial charge < -0.3 is 10.0 Å². The molecule has 17 heavy (non-hydrogen) atoms. The van der Waals surface area contributed by atoms with Crippen molar-refractivity contribution >= 4 is 5.91 Å². The van der Waals surface area contributed by atoms with Crippen molar-refractivity contribution in [2.24, 2.45) is 0 Å². The number of aliphatic hydroxyl groups is 1. The first-order valence-electron chi connectivity index (χ1n) is 6.98. The van der Waals surface area contributed by atoms with Gasteiger partial charge in [0.15, 0.2) is 0 Å². The smallest absolute Gasteiger partial charge is 0.223 e. The van der Waals surface area contributed by atoms with Crippen LogP contribution < -0.4 is 0 Å². The molecular formula is C14H27NO2. The number of carbonyl (C=O) groups is 1. The summed E-state index contributed by atoms with van der Waals surface area (Å²) in [5.74, 6) is 0.213. The quantitative estimate of drug-likeness (QED) is 0.752. The fourth-order valence-electron chi connectivity index (χ4n) is 2.55. The molecule has 1 N–H and O–H groups in total. The van der Waals surface area contributed by atoms with Crippen LogP contribution in [-0.2, 0) is 4.79 Å². The Morgan fingerprint density at radius 1 is 1.35 bits per heavy atom. The zero-order valence-corrected chi connectivity index (χ0v) is 11.5. The highest BCUT2D eigenvalue weighted by Gasteiger charge is 2.39. The molecule has 1 saturated heterocycles. The highest BCUT2D eigenvalue weighted by atomic mass is 16.3. The molecule has 0 radical (unpaired) electrons. The average molecular weight is 241 g/mol. The number of rotatable bonds is 5. The lowest BCUT2D eigenvalue weighted by Crippen LogP contribution is -2.58. The Kier molecular flexibility index (Phi) is 5.44. The van der Waals surface area contributed by atoms with Crippen LogP contribution in [0.3, 0.4) is 0 Å². The minimum Gasteiger partial charge on any atom is -0.391 e. The van der Waals surface area contributed by atoms with Crippen molar-refractivity contribution in [2.75, 3.05) is 6.54 Å². The Labute approximate surface area is 105 Å². The predicted molar refractivity (Wildman–Crippen MR) is 69.8 cm³/mol. The number of piperidine rings is 1.